The molecule has 2 N–H and O–H groups in total. The monoisotopic (exact) mass is 307 g/mol. The Morgan fingerprint density at radius 2 is 2.00 bits per heavy atom. The second-order valence-electron chi connectivity index (χ2n) is 5.49. The van der Waals surface area contributed by atoms with Gasteiger partial charge in [-0.15, -0.1) is 0 Å². The number of carboxylic acid groups (broad SMARTS) is 1. The molecule has 2 unspecified atom stereocenters. The highest BCUT2D eigenvalue weighted by Gasteiger charge is 2.35. The Hall–Kier alpha value is -1.81. The summed E-state index contributed by atoms with van der Waals surface area (Å²) in [7, 11) is 0. The molecule has 0 aliphatic heterocycles. The van der Waals surface area contributed by atoms with E-state index in [0.29, 0.717) is 23.6 Å². The molecule has 2 rings (SSSR count). The number of carbonyl (C=O) groups is 2. The maximum atomic E-state index is 12.4. The Kier molecular flexibility index (Phi) is 4.68. The molecule has 2 atom stereocenters. The Balaban J connectivity index is 2.18. The molecule has 0 saturated carbocycles. The van der Waals surface area contributed by atoms with Crippen molar-refractivity contribution < 1.29 is 14.7 Å². The summed E-state index contributed by atoms with van der Waals surface area (Å²) in [6.45, 7) is 3.77. The van der Waals surface area contributed by atoms with E-state index in [-0.39, 0.29) is 5.91 Å². The topological polar surface area (TPSA) is 66.4 Å². The van der Waals surface area contributed by atoms with Crippen LogP contribution in [0.1, 0.15) is 25.3 Å². The van der Waals surface area contributed by atoms with Crippen molar-refractivity contribution in [3.05, 3.63) is 40.4 Å². The standard InChI is InChI=1S/C16H18ClNO3/c1-9-3-5-12(16(20)21)13(7-9)15(19)18-14-6-4-11(17)8-10(14)2/h3-4,6,8,12-13H,5,7H2,1-2H3,(H,18,19)(H,20,21). The minimum Gasteiger partial charge on any atom is -0.481 e. The van der Waals surface area contributed by atoms with Gasteiger partial charge in [-0.3, -0.25) is 9.59 Å². The van der Waals surface area contributed by atoms with Crippen molar-refractivity contribution in [1.29, 1.82) is 0 Å². The molecule has 1 aliphatic carbocycles. The van der Waals surface area contributed by atoms with E-state index in [2.05, 4.69) is 5.32 Å². The van der Waals surface area contributed by atoms with Crippen LogP contribution in [0.3, 0.4) is 0 Å². The normalized spacial score (nSPS) is 21.6. The number of hydrogen-bond donors (Lipinski definition) is 2. The van der Waals surface area contributed by atoms with E-state index >= 15 is 0 Å². The minimum absolute atomic E-state index is 0.250. The molecule has 1 aromatic carbocycles. The third-order valence-corrected chi connectivity index (χ3v) is 4.08. The van der Waals surface area contributed by atoms with Crippen molar-refractivity contribution in [2.75, 3.05) is 5.32 Å². The number of carboxylic acids is 1. The summed E-state index contributed by atoms with van der Waals surface area (Å²) in [5.74, 6) is -2.38. The van der Waals surface area contributed by atoms with Crippen LogP contribution in [0.2, 0.25) is 5.02 Å². The zero-order valence-corrected chi connectivity index (χ0v) is 12.8. The van der Waals surface area contributed by atoms with Crippen molar-refractivity contribution >= 4 is 29.2 Å². The zero-order chi connectivity index (χ0) is 15.6. The van der Waals surface area contributed by atoms with E-state index in [1.165, 1.54) is 0 Å². The van der Waals surface area contributed by atoms with Crippen LogP contribution < -0.4 is 5.32 Å². The average Bonchev–Trinajstić information content (AvgIpc) is 2.41. The molecule has 0 fully saturated rings. The van der Waals surface area contributed by atoms with Crippen LogP contribution in [0, 0.1) is 18.8 Å². The Labute approximate surface area is 128 Å². The van der Waals surface area contributed by atoms with Gasteiger partial charge in [0, 0.05) is 10.7 Å². The number of carbonyl (C=O) groups excluding carboxylic acids is 1. The number of aryl methyl sites for hydroxylation is 1. The van der Waals surface area contributed by atoms with Crippen molar-refractivity contribution in [1.82, 2.24) is 0 Å². The number of halogens is 1. The van der Waals surface area contributed by atoms with Crippen LogP contribution in [0.5, 0.6) is 0 Å². The fourth-order valence-corrected chi connectivity index (χ4v) is 2.83. The summed E-state index contributed by atoms with van der Waals surface area (Å²) in [5.41, 5.74) is 2.58. The first-order valence-electron chi connectivity index (χ1n) is 6.84. The Morgan fingerprint density at radius 1 is 1.29 bits per heavy atom. The number of allylic oxidation sites excluding steroid dienone is 2. The summed E-state index contributed by atoms with van der Waals surface area (Å²) in [6.07, 6.45) is 2.78. The van der Waals surface area contributed by atoms with Gasteiger partial charge >= 0.3 is 5.97 Å². The Morgan fingerprint density at radius 3 is 2.62 bits per heavy atom. The van der Waals surface area contributed by atoms with Crippen LogP contribution in [0.25, 0.3) is 0 Å². The van der Waals surface area contributed by atoms with Gasteiger partial charge in [0.2, 0.25) is 5.91 Å². The highest BCUT2D eigenvalue weighted by atomic mass is 35.5. The van der Waals surface area contributed by atoms with Gasteiger partial charge in [0.15, 0.2) is 0 Å². The van der Waals surface area contributed by atoms with Crippen molar-refractivity contribution in [3.8, 4) is 0 Å². The molecule has 112 valence electrons. The predicted molar refractivity (Wildman–Crippen MR) is 82.4 cm³/mol. The fraction of sp³-hybridized carbons (Fsp3) is 0.375. The first-order valence-corrected chi connectivity index (χ1v) is 7.21. The van der Waals surface area contributed by atoms with Crippen LogP contribution in [0.15, 0.2) is 29.8 Å². The fourth-order valence-electron chi connectivity index (χ4n) is 2.61. The van der Waals surface area contributed by atoms with E-state index < -0.39 is 17.8 Å². The number of amides is 1. The number of nitrogens with one attached hydrogen (secondary N) is 1. The van der Waals surface area contributed by atoms with E-state index in [0.717, 1.165) is 11.1 Å². The number of hydrogen-bond acceptors (Lipinski definition) is 2. The molecule has 0 bridgehead atoms. The van der Waals surface area contributed by atoms with Crippen LogP contribution >= 0.6 is 11.6 Å². The number of benzene rings is 1. The average molecular weight is 308 g/mol. The molecule has 5 heteroatoms. The highest BCUT2D eigenvalue weighted by Crippen LogP contribution is 2.31. The quantitative estimate of drug-likeness (QED) is 0.838. The molecule has 0 radical (unpaired) electrons. The highest BCUT2D eigenvalue weighted by molar-refractivity contribution is 6.30. The zero-order valence-electron chi connectivity index (χ0n) is 12.0. The molecule has 21 heavy (non-hydrogen) atoms. The van der Waals surface area contributed by atoms with E-state index in [4.69, 9.17) is 11.6 Å². The summed E-state index contributed by atoms with van der Waals surface area (Å²) in [5, 5.41) is 12.7. The van der Waals surface area contributed by atoms with Crippen LogP contribution in [-0.2, 0) is 9.59 Å². The van der Waals surface area contributed by atoms with Gasteiger partial charge in [0.1, 0.15) is 0 Å². The molecule has 1 aromatic rings. The summed E-state index contributed by atoms with van der Waals surface area (Å²) >= 11 is 5.89. The number of rotatable bonds is 3. The largest absolute Gasteiger partial charge is 0.481 e. The smallest absolute Gasteiger partial charge is 0.307 e. The molecule has 1 aliphatic rings. The lowest BCUT2D eigenvalue weighted by Crippen LogP contribution is -2.35. The first-order chi connectivity index (χ1) is 9.88. The van der Waals surface area contributed by atoms with Gasteiger partial charge in [0.25, 0.3) is 0 Å². The maximum absolute atomic E-state index is 12.4. The maximum Gasteiger partial charge on any atom is 0.307 e. The second-order valence-corrected chi connectivity index (χ2v) is 5.93. The lowest BCUT2D eigenvalue weighted by molar-refractivity contribution is -0.146. The molecule has 0 saturated heterocycles. The molecule has 0 heterocycles. The number of anilines is 1. The van der Waals surface area contributed by atoms with E-state index in [1.807, 2.05) is 19.9 Å². The van der Waals surface area contributed by atoms with Gasteiger partial charge in [-0.2, -0.15) is 0 Å². The third-order valence-electron chi connectivity index (χ3n) is 3.85. The predicted octanol–water partition coefficient (Wildman–Crippen LogP) is 3.64. The van der Waals surface area contributed by atoms with Gasteiger partial charge in [-0.25, -0.2) is 0 Å². The number of aliphatic carboxylic acids is 1. The van der Waals surface area contributed by atoms with Gasteiger partial charge in [-0.05, 0) is 50.5 Å². The van der Waals surface area contributed by atoms with Gasteiger partial charge in [-0.1, -0.05) is 23.3 Å². The van der Waals surface area contributed by atoms with Crippen molar-refractivity contribution in [2.24, 2.45) is 11.8 Å². The van der Waals surface area contributed by atoms with Crippen LogP contribution in [-0.4, -0.2) is 17.0 Å². The van der Waals surface area contributed by atoms with Crippen molar-refractivity contribution in [2.45, 2.75) is 26.7 Å². The lowest BCUT2D eigenvalue weighted by Gasteiger charge is -2.27. The Bertz CT molecular complexity index is 610. The molecule has 0 spiro atoms. The lowest BCUT2D eigenvalue weighted by atomic mass is 9.79. The second kappa shape index (κ2) is 6.31. The van der Waals surface area contributed by atoms with Crippen LogP contribution in [0.4, 0.5) is 5.69 Å². The first kappa shape index (κ1) is 15.6. The molecule has 1 amide bonds. The minimum atomic E-state index is -0.924. The van der Waals surface area contributed by atoms with Crippen molar-refractivity contribution in [3.63, 3.8) is 0 Å². The molecule has 4 nitrogen and oxygen atoms in total. The van der Waals surface area contributed by atoms with Gasteiger partial charge < -0.3 is 10.4 Å². The molecule has 0 aromatic heterocycles. The van der Waals surface area contributed by atoms with E-state index in [9.17, 15) is 14.7 Å². The summed E-state index contributed by atoms with van der Waals surface area (Å²) < 4.78 is 0. The summed E-state index contributed by atoms with van der Waals surface area (Å²) in [6, 6.07) is 5.19. The van der Waals surface area contributed by atoms with E-state index in [1.54, 1.807) is 18.2 Å². The van der Waals surface area contributed by atoms with Gasteiger partial charge in [0.05, 0.1) is 11.8 Å². The molecular formula is C16H18ClNO3. The SMILES string of the molecule is CC1=CCC(C(=O)O)C(C(=O)Nc2ccc(Cl)cc2C)C1. The molecular weight excluding hydrogens is 290 g/mol. The third kappa shape index (κ3) is 3.64. The summed E-state index contributed by atoms with van der Waals surface area (Å²) in [4.78, 5) is 23.7.